The fraction of sp³-hybridized carbons (Fsp3) is 0.545. The van der Waals surface area contributed by atoms with Gasteiger partial charge in [0.2, 0.25) is 5.91 Å². The van der Waals surface area contributed by atoms with Crippen molar-refractivity contribution in [1.29, 1.82) is 0 Å². The summed E-state index contributed by atoms with van der Waals surface area (Å²) in [6, 6.07) is 0. The van der Waals surface area contributed by atoms with Gasteiger partial charge in [0, 0.05) is 19.5 Å². The smallest absolute Gasteiger partial charge is 0.221 e. The Hall–Kier alpha value is -1.89. The van der Waals surface area contributed by atoms with Crippen molar-refractivity contribution >= 4 is 17.5 Å². The van der Waals surface area contributed by atoms with Crippen LogP contribution in [0.2, 0.25) is 0 Å². The van der Waals surface area contributed by atoms with Crippen LogP contribution in [0.15, 0.2) is 12.4 Å². The first-order chi connectivity index (χ1) is 8.61. The number of nitrogens with one attached hydrogen (secondary N) is 3. The summed E-state index contributed by atoms with van der Waals surface area (Å²) in [5.41, 5.74) is 2.41. The highest BCUT2D eigenvalue weighted by Gasteiger charge is 2.02. The van der Waals surface area contributed by atoms with E-state index in [2.05, 4.69) is 39.9 Å². The molecule has 0 bridgehead atoms. The Labute approximate surface area is 107 Å². The molecule has 1 rings (SSSR count). The highest BCUT2D eigenvalue weighted by molar-refractivity contribution is 5.76. The largest absolute Gasteiger partial charge is 0.368 e. The fourth-order valence-electron chi connectivity index (χ4n) is 1.23. The summed E-state index contributed by atoms with van der Waals surface area (Å²) in [6.45, 7) is 5.32. The number of hydrazine groups is 1. The molecule has 18 heavy (non-hydrogen) atoms. The minimum atomic E-state index is 0.0252. The zero-order valence-corrected chi connectivity index (χ0v) is 10.7. The van der Waals surface area contributed by atoms with E-state index >= 15 is 0 Å². The van der Waals surface area contributed by atoms with Gasteiger partial charge >= 0.3 is 0 Å². The molecule has 7 heteroatoms. The van der Waals surface area contributed by atoms with Crippen LogP contribution in [0.4, 0.5) is 11.6 Å². The van der Waals surface area contributed by atoms with Crippen molar-refractivity contribution in [3.63, 3.8) is 0 Å². The molecule has 0 aliphatic rings. The van der Waals surface area contributed by atoms with Gasteiger partial charge in [0.25, 0.3) is 0 Å². The topological polar surface area (TPSA) is 105 Å². The van der Waals surface area contributed by atoms with Gasteiger partial charge in [-0.2, -0.15) is 0 Å². The summed E-state index contributed by atoms with van der Waals surface area (Å²) >= 11 is 0. The van der Waals surface area contributed by atoms with E-state index in [9.17, 15) is 4.79 Å². The summed E-state index contributed by atoms with van der Waals surface area (Å²) in [5.74, 6) is 6.76. The molecule has 1 aromatic rings. The normalized spacial score (nSPS) is 10.2. The molecule has 7 nitrogen and oxygen atoms in total. The molecule has 0 saturated heterocycles. The van der Waals surface area contributed by atoms with Crippen LogP contribution >= 0.6 is 0 Å². The molecule has 1 heterocycles. The molecule has 0 spiro atoms. The molecule has 0 radical (unpaired) electrons. The lowest BCUT2D eigenvalue weighted by molar-refractivity contribution is -0.120. The molecular formula is C11H20N6O. The quantitative estimate of drug-likeness (QED) is 0.412. The average Bonchev–Trinajstić information content (AvgIpc) is 2.36. The third-order valence-corrected chi connectivity index (χ3v) is 2.15. The van der Waals surface area contributed by atoms with Gasteiger partial charge in [-0.3, -0.25) is 9.78 Å². The maximum absolute atomic E-state index is 11.4. The lowest BCUT2D eigenvalue weighted by Gasteiger charge is -2.08. The first-order valence-electron chi connectivity index (χ1n) is 5.91. The van der Waals surface area contributed by atoms with Crippen molar-refractivity contribution in [2.45, 2.75) is 20.3 Å². The van der Waals surface area contributed by atoms with Gasteiger partial charge in [-0.15, -0.1) is 0 Å². The number of nitrogens with zero attached hydrogens (tertiary/aromatic N) is 2. The Morgan fingerprint density at radius 2 is 2.11 bits per heavy atom. The SMILES string of the molecule is CC(C)CNC(=O)CCNc1cncc(NN)n1. The van der Waals surface area contributed by atoms with Crippen molar-refractivity contribution in [1.82, 2.24) is 15.3 Å². The van der Waals surface area contributed by atoms with E-state index in [1.807, 2.05) is 0 Å². The van der Waals surface area contributed by atoms with Gasteiger partial charge in [0.1, 0.15) is 5.82 Å². The predicted molar refractivity (Wildman–Crippen MR) is 70.8 cm³/mol. The maximum Gasteiger partial charge on any atom is 0.221 e. The van der Waals surface area contributed by atoms with Crippen molar-refractivity contribution < 1.29 is 4.79 Å². The highest BCUT2D eigenvalue weighted by Crippen LogP contribution is 2.04. The Bertz CT molecular complexity index is 382. The molecule has 5 N–H and O–H groups in total. The second-order valence-corrected chi connectivity index (χ2v) is 4.31. The second-order valence-electron chi connectivity index (χ2n) is 4.31. The summed E-state index contributed by atoms with van der Waals surface area (Å²) in [6.07, 6.45) is 3.49. The first kappa shape index (κ1) is 14.2. The zero-order chi connectivity index (χ0) is 13.4. The first-order valence-corrected chi connectivity index (χ1v) is 5.91. The van der Waals surface area contributed by atoms with E-state index < -0.39 is 0 Å². The molecule has 0 unspecified atom stereocenters. The number of carbonyl (C=O) groups excluding carboxylic acids is 1. The Balaban J connectivity index is 2.26. The number of rotatable bonds is 7. The molecule has 100 valence electrons. The van der Waals surface area contributed by atoms with Crippen molar-refractivity contribution in [2.24, 2.45) is 11.8 Å². The number of aromatic nitrogens is 2. The van der Waals surface area contributed by atoms with Gasteiger partial charge < -0.3 is 16.1 Å². The van der Waals surface area contributed by atoms with Crippen molar-refractivity contribution in [2.75, 3.05) is 23.8 Å². The van der Waals surface area contributed by atoms with E-state index in [-0.39, 0.29) is 5.91 Å². The van der Waals surface area contributed by atoms with E-state index in [0.29, 0.717) is 37.1 Å². The van der Waals surface area contributed by atoms with Crippen LogP contribution < -0.4 is 21.9 Å². The average molecular weight is 252 g/mol. The summed E-state index contributed by atoms with van der Waals surface area (Å²) in [4.78, 5) is 19.5. The third-order valence-electron chi connectivity index (χ3n) is 2.15. The summed E-state index contributed by atoms with van der Waals surface area (Å²) in [5, 5.41) is 5.85. The lowest BCUT2D eigenvalue weighted by atomic mass is 10.2. The minimum absolute atomic E-state index is 0.0252. The van der Waals surface area contributed by atoms with Crippen LogP contribution in [0.25, 0.3) is 0 Å². The summed E-state index contributed by atoms with van der Waals surface area (Å²) in [7, 11) is 0. The molecule has 0 saturated carbocycles. The van der Waals surface area contributed by atoms with Crippen molar-refractivity contribution in [3.05, 3.63) is 12.4 Å². The standard InChI is InChI=1S/C11H20N6O/c1-8(2)5-15-11(18)3-4-14-9-6-13-7-10(16-9)17-12/h6-8H,3-5,12H2,1-2H3,(H,15,18)(H2,14,16,17). The number of anilines is 2. The lowest BCUT2D eigenvalue weighted by Crippen LogP contribution is -2.28. The number of amides is 1. The maximum atomic E-state index is 11.4. The van der Waals surface area contributed by atoms with Gasteiger partial charge in [-0.1, -0.05) is 13.8 Å². The molecule has 1 aromatic heterocycles. The number of hydrogen-bond donors (Lipinski definition) is 4. The van der Waals surface area contributed by atoms with Crippen LogP contribution in [0, 0.1) is 5.92 Å². The van der Waals surface area contributed by atoms with Crippen LogP contribution in [0.1, 0.15) is 20.3 Å². The van der Waals surface area contributed by atoms with Crippen LogP contribution in [-0.2, 0) is 4.79 Å². The van der Waals surface area contributed by atoms with Gasteiger partial charge in [0.05, 0.1) is 12.4 Å². The molecule has 0 fully saturated rings. The second kappa shape index (κ2) is 7.44. The molecule has 0 atom stereocenters. The number of nitrogen functional groups attached to an aromatic ring is 1. The monoisotopic (exact) mass is 252 g/mol. The van der Waals surface area contributed by atoms with E-state index in [1.54, 1.807) is 6.20 Å². The van der Waals surface area contributed by atoms with Gasteiger partial charge in [0.15, 0.2) is 5.82 Å². The van der Waals surface area contributed by atoms with Crippen LogP contribution in [0.3, 0.4) is 0 Å². The third kappa shape index (κ3) is 5.44. The number of carbonyl (C=O) groups is 1. The minimum Gasteiger partial charge on any atom is -0.368 e. The Morgan fingerprint density at radius 3 is 2.78 bits per heavy atom. The zero-order valence-electron chi connectivity index (χ0n) is 10.7. The van der Waals surface area contributed by atoms with Gasteiger partial charge in [-0.25, -0.2) is 10.8 Å². The predicted octanol–water partition coefficient (Wildman–Crippen LogP) is 0.336. The Kier molecular flexibility index (Phi) is 5.86. The fourth-order valence-corrected chi connectivity index (χ4v) is 1.23. The molecule has 1 amide bonds. The molecular weight excluding hydrogens is 232 g/mol. The Morgan fingerprint density at radius 1 is 1.39 bits per heavy atom. The van der Waals surface area contributed by atoms with Crippen molar-refractivity contribution in [3.8, 4) is 0 Å². The van der Waals surface area contributed by atoms with Crippen LogP contribution in [-0.4, -0.2) is 29.0 Å². The van der Waals surface area contributed by atoms with Crippen LogP contribution in [0.5, 0.6) is 0 Å². The van der Waals surface area contributed by atoms with E-state index in [0.717, 1.165) is 0 Å². The van der Waals surface area contributed by atoms with E-state index in [1.165, 1.54) is 6.20 Å². The van der Waals surface area contributed by atoms with Gasteiger partial charge in [-0.05, 0) is 5.92 Å². The highest BCUT2D eigenvalue weighted by atomic mass is 16.1. The molecule has 0 aromatic carbocycles. The van der Waals surface area contributed by atoms with E-state index in [4.69, 9.17) is 5.84 Å². The number of nitrogens with two attached hydrogens (primary N) is 1. The number of hydrogen-bond acceptors (Lipinski definition) is 6. The summed E-state index contributed by atoms with van der Waals surface area (Å²) < 4.78 is 0. The molecule has 0 aliphatic carbocycles. The molecule has 0 aliphatic heterocycles.